The fourth-order valence-electron chi connectivity index (χ4n) is 2.68. The van der Waals surface area contributed by atoms with Crippen molar-refractivity contribution in [2.24, 2.45) is 0 Å². The maximum absolute atomic E-state index is 12.4. The smallest absolute Gasteiger partial charge is 0.359 e. The van der Waals surface area contributed by atoms with Gasteiger partial charge < -0.3 is 9.15 Å². The van der Waals surface area contributed by atoms with E-state index in [2.05, 4.69) is 15.2 Å². The van der Waals surface area contributed by atoms with Crippen molar-refractivity contribution in [1.82, 2.24) is 15.2 Å². The molecule has 0 unspecified atom stereocenters. The van der Waals surface area contributed by atoms with E-state index < -0.39 is 5.97 Å². The van der Waals surface area contributed by atoms with Crippen molar-refractivity contribution in [3.05, 3.63) is 82.1 Å². The fraction of sp³-hybridized carbons (Fsp3) is 0.100. The molecule has 0 atom stereocenters. The summed E-state index contributed by atoms with van der Waals surface area (Å²) in [7, 11) is 0. The summed E-state index contributed by atoms with van der Waals surface area (Å²) in [5, 5.41) is 6.95. The SMILES string of the molecule is Cc1ccc(-c2nc(COC(=O)c3n[nH]c(=O)c4ccccc34)co2)cc1. The van der Waals surface area contributed by atoms with Crippen LogP contribution in [0.4, 0.5) is 0 Å². The Balaban J connectivity index is 1.51. The van der Waals surface area contributed by atoms with Crippen LogP contribution in [0.15, 0.2) is 64.0 Å². The average molecular weight is 361 g/mol. The maximum Gasteiger partial charge on any atom is 0.359 e. The summed E-state index contributed by atoms with van der Waals surface area (Å²) in [6, 6.07) is 14.5. The summed E-state index contributed by atoms with van der Waals surface area (Å²) in [6.07, 6.45) is 1.45. The normalized spacial score (nSPS) is 10.9. The molecule has 0 saturated heterocycles. The zero-order valence-electron chi connectivity index (χ0n) is 14.4. The second-order valence-corrected chi connectivity index (χ2v) is 6.03. The van der Waals surface area contributed by atoms with Gasteiger partial charge in [-0.05, 0) is 25.1 Å². The van der Waals surface area contributed by atoms with Crippen molar-refractivity contribution in [2.75, 3.05) is 0 Å². The topological polar surface area (TPSA) is 98.1 Å². The highest BCUT2D eigenvalue weighted by molar-refractivity contribution is 6.01. The molecule has 2 aromatic carbocycles. The molecular weight excluding hydrogens is 346 g/mol. The molecule has 0 radical (unpaired) electrons. The lowest BCUT2D eigenvalue weighted by molar-refractivity contribution is 0.0462. The van der Waals surface area contributed by atoms with Crippen molar-refractivity contribution < 1.29 is 13.9 Å². The molecule has 2 heterocycles. The Labute approximate surface area is 153 Å². The first-order chi connectivity index (χ1) is 13.1. The predicted molar refractivity (Wildman–Crippen MR) is 98.2 cm³/mol. The van der Waals surface area contributed by atoms with Gasteiger partial charge in [0.15, 0.2) is 5.69 Å². The quantitative estimate of drug-likeness (QED) is 0.560. The summed E-state index contributed by atoms with van der Waals surface area (Å²) in [5.74, 6) is -0.198. The number of esters is 1. The molecule has 7 nitrogen and oxygen atoms in total. The number of ether oxygens (including phenoxy) is 1. The van der Waals surface area contributed by atoms with Gasteiger partial charge in [0.25, 0.3) is 5.56 Å². The largest absolute Gasteiger partial charge is 0.454 e. The molecule has 7 heteroatoms. The van der Waals surface area contributed by atoms with Crippen LogP contribution in [0.3, 0.4) is 0 Å². The van der Waals surface area contributed by atoms with Gasteiger partial charge in [-0.1, -0.05) is 35.9 Å². The van der Waals surface area contributed by atoms with Crippen LogP contribution < -0.4 is 5.56 Å². The molecule has 0 aliphatic rings. The molecule has 0 spiro atoms. The molecule has 4 aromatic rings. The van der Waals surface area contributed by atoms with Gasteiger partial charge in [-0.3, -0.25) is 4.79 Å². The Hall–Kier alpha value is -3.74. The van der Waals surface area contributed by atoms with Crippen LogP contribution in [0.2, 0.25) is 0 Å². The van der Waals surface area contributed by atoms with E-state index in [0.717, 1.165) is 11.1 Å². The van der Waals surface area contributed by atoms with Crippen LogP contribution in [-0.2, 0) is 11.3 Å². The number of aromatic nitrogens is 3. The van der Waals surface area contributed by atoms with Crippen molar-refractivity contribution in [2.45, 2.75) is 13.5 Å². The third-order valence-corrected chi connectivity index (χ3v) is 4.09. The Kier molecular flexibility index (Phi) is 4.25. The lowest BCUT2D eigenvalue weighted by Crippen LogP contribution is -2.16. The van der Waals surface area contributed by atoms with E-state index >= 15 is 0 Å². The van der Waals surface area contributed by atoms with E-state index in [0.29, 0.717) is 22.4 Å². The molecule has 134 valence electrons. The minimum absolute atomic E-state index is 0.0486. The first-order valence-corrected chi connectivity index (χ1v) is 8.28. The zero-order valence-corrected chi connectivity index (χ0v) is 14.4. The molecule has 0 bridgehead atoms. The average Bonchev–Trinajstić information content (AvgIpc) is 3.16. The number of aromatic amines is 1. The second-order valence-electron chi connectivity index (χ2n) is 6.03. The van der Waals surface area contributed by atoms with E-state index in [1.54, 1.807) is 24.3 Å². The summed E-state index contributed by atoms with van der Waals surface area (Å²) in [6.45, 7) is 1.93. The molecule has 0 aliphatic heterocycles. The minimum Gasteiger partial charge on any atom is -0.454 e. The number of carbonyl (C=O) groups is 1. The number of hydrogen-bond donors (Lipinski definition) is 1. The molecule has 0 saturated carbocycles. The lowest BCUT2D eigenvalue weighted by atomic mass is 10.1. The number of fused-ring (bicyclic) bond motifs is 1. The highest BCUT2D eigenvalue weighted by Crippen LogP contribution is 2.20. The maximum atomic E-state index is 12.4. The van der Waals surface area contributed by atoms with Crippen LogP contribution in [0, 0.1) is 6.92 Å². The molecule has 1 N–H and O–H groups in total. The summed E-state index contributed by atoms with van der Waals surface area (Å²) in [4.78, 5) is 28.5. The van der Waals surface area contributed by atoms with Gasteiger partial charge in [0.1, 0.15) is 18.6 Å². The number of benzene rings is 2. The van der Waals surface area contributed by atoms with Gasteiger partial charge in [0.2, 0.25) is 5.89 Å². The number of carbonyl (C=O) groups excluding carboxylic acids is 1. The van der Waals surface area contributed by atoms with E-state index in [-0.39, 0.29) is 17.9 Å². The van der Waals surface area contributed by atoms with E-state index in [4.69, 9.17) is 9.15 Å². The van der Waals surface area contributed by atoms with Crippen molar-refractivity contribution in [3.63, 3.8) is 0 Å². The van der Waals surface area contributed by atoms with Crippen LogP contribution in [-0.4, -0.2) is 21.2 Å². The third-order valence-electron chi connectivity index (χ3n) is 4.09. The summed E-state index contributed by atoms with van der Waals surface area (Å²) in [5.41, 5.74) is 2.15. The van der Waals surface area contributed by atoms with E-state index in [9.17, 15) is 9.59 Å². The second kappa shape index (κ2) is 6.87. The van der Waals surface area contributed by atoms with Gasteiger partial charge in [-0.2, -0.15) is 5.10 Å². The monoisotopic (exact) mass is 361 g/mol. The highest BCUT2D eigenvalue weighted by atomic mass is 16.5. The highest BCUT2D eigenvalue weighted by Gasteiger charge is 2.16. The zero-order chi connectivity index (χ0) is 18.8. The molecule has 2 aromatic heterocycles. The van der Waals surface area contributed by atoms with Crippen molar-refractivity contribution >= 4 is 16.7 Å². The van der Waals surface area contributed by atoms with Crippen molar-refractivity contribution in [3.8, 4) is 11.5 Å². The molecule has 0 aliphatic carbocycles. The standard InChI is InChI=1S/C20H15N3O4/c1-12-6-8-13(9-7-12)19-21-14(10-26-19)11-27-20(25)17-15-4-2-3-5-16(15)18(24)23-22-17/h2-10H,11H2,1H3,(H,23,24). The van der Waals surface area contributed by atoms with Gasteiger partial charge in [-0.25, -0.2) is 14.9 Å². The Morgan fingerprint density at radius 3 is 2.63 bits per heavy atom. The number of nitrogens with one attached hydrogen (secondary N) is 1. The van der Waals surface area contributed by atoms with E-state index in [1.165, 1.54) is 6.26 Å². The van der Waals surface area contributed by atoms with Crippen LogP contribution in [0.25, 0.3) is 22.2 Å². The Morgan fingerprint density at radius 2 is 1.85 bits per heavy atom. The number of rotatable bonds is 4. The summed E-state index contributed by atoms with van der Waals surface area (Å²) < 4.78 is 10.7. The molecule has 0 amide bonds. The minimum atomic E-state index is -0.651. The predicted octanol–water partition coefficient (Wildman–Crippen LogP) is 3.24. The van der Waals surface area contributed by atoms with E-state index in [1.807, 2.05) is 31.2 Å². The number of H-pyrrole nitrogens is 1. The number of aryl methyl sites for hydroxylation is 1. The fourth-order valence-corrected chi connectivity index (χ4v) is 2.68. The summed E-state index contributed by atoms with van der Waals surface area (Å²) >= 11 is 0. The first kappa shape index (κ1) is 16.7. The molecule has 27 heavy (non-hydrogen) atoms. The van der Waals surface area contributed by atoms with Crippen LogP contribution in [0.5, 0.6) is 0 Å². The molecule has 0 fully saturated rings. The van der Waals surface area contributed by atoms with Gasteiger partial charge in [0.05, 0.1) is 5.39 Å². The lowest BCUT2D eigenvalue weighted by Gasteiger charge is -2.04. The first-order valence-electron chi connectivity index (χ1n) is 8.28. The molecular formula is C20H15N3O4. The Morgan fingerprint density at radius 1 is 1.11 bits per heavy atom. The molecule has 4 rings (SSSR count). The van der Waals surface area contributed by atoms with Crippen molar-refractivity contribution in [1.29, 1.82) is 0 Å². The van der Waals surface area contributed by atoms with Crippen LogP contribution >= 0.6 is 0 Å². The Bertz CT molecular complexity index is 1180. The van der Waals surface area contributed by atoms with Gasteiger partial charge >= 0.3 is 5.97 Å². The third kappa shape index (κ3) is 3.35. The van der Waals surface area contributed by atoms with Gasteiger partial charge in [-0.15, -0.1) is 0 Å². The number of nitrogens with zero attached hydrogens (tertiary/aromatic N) is 2. The number of oxazole rings is 1. The van der Waals surface area contributed by atoms with Crippen LogP contribution in [0.1, 0.15) is 21.7 Å². The number of hydrogen-bond acceptors (Lipinski definition) is 6. The van der Waals surface area contributed by atoms with Gasteiger partial charge in [0, 0.05) is 10.9 Å².